The van der Waals surface area contributed by atoms with Gasteiger partial charge in [-0.2, -0.15) is 0 Å². The molecule has 0 spiro atoms. The predicted octanol–water partition coefficient (Wildman–Crippen LogP) is 5.41. The Kier molecular flexibility index (Phi) is 4.03. The van der Waals surface area contributed by atoms with E-state index < -0.39 is 11.6 Å². The van der Waals surface area contributed by atoms with Gasteiger partial charge in [0.25, 0.3) is 0 Å². The fraction of sp³-hybridized carbons (Fsp3) is 0.143. The normalized spacial score (nSPS) is 12.5. The minimum absolute atomic E-state index is 0.217. The summed E-state index contributed by atoms with van der Waals surface area (Å²) in [6, 6.07) is 9.47. The van der Waals surface area contributed by atoms with E-state index in [1.54, 1.807) is 6.07 Å². The van der Waals surface area contributed by atoms with Crippen LogP contribution in [-0.2, 0) is 0 Å². The molecule has 0 amide bonds. The summed E-state index contributed by atoms with van der Waals surface area (Å²) in [5.74, 6) is -1.70. The SMILES string of the molecule is Cc1ccc(C(Br)c2ccc(F)c(F)c2)cc1Cl. The van der Waals surface area contributed by atoms with E-state index in [2.05, 4.69) is 15.9 Å². The van der Waals surface area contributed by atoms with Crippen molar-refractivity contribution in [3.05, 3.63) is 69.7 Å². The molecule has 0 saturated carbocycles. The van der Waals surface area contributed by atoms with Crippen molar-refractivity contribution < 1.29 is 8.78 Å². The van der Waals surface area contributed by atoms with Crippen LogP contribution < -0.4 is 0 Å². The zero-order valence-electron chi connectivity index (χ0n) is 9.55. The maximum atomic E-state index is 13.2. The molecular weight excluding hydrogens is 322 g/mol. The Labute approximate surface area is 118 Å². The van der Waals surface area contributed by atoms with Crippen LogP contribution in [0.15, 0.2) is 36.4 Å². The monoisotopic (exact) mass is 330 g/mol. The molecule has 0 aliphatic rings. The van der Waals surface area contributed by atoms with Gasteiger partial charge in [-0.05, 0) is 41.8 Å². The number of benzene rings is 2. The van der Waals surface area contributed by atoms with Gasteiger partial charge in [-0.25, -0.2) is 8.78 Å². The highest BCUT2D eigenvalue weighted by molar-refractivity contribution is 9.09. The minimum atomic E-state index is -0.852. The predicted molar refractivity (Wildman–Crippen MR) is 73.3 cm³/mol. The molecule has 18 heavy (non-hydrogen) atoms. The lowest BCUT2D eigenvalue weighted by atomic mass is 10.0. The summed E-state index contributed by atoms with van der Waals surface area (Å²) < 4.78 is 26.0. The lowest BCUT2D eigenvalue weighted by molar-refractivity contribution is 0.507. The maximum Gasteiger partial charge on any atom is 0.159 e. The molecule has 0 aromatic heterocycles. The van der Waals surface area contributed by atoms with E-state index in [0.717, 1.165) is 17.2 Å². The third-order valence-corrected chi connectivity index (χ3v) is 4.19. The van der Waals surface area contributed by atoms with Crippen LogP contribution in [0.5, 0.6) is 0 Å². The van der Waals surface area contributed by atoms with E-state index >= 15 is 0 Å². The summed E-state index contributed by atoms with van der Waals surface area (Å²) >= 11 is 9.51. The Balaban J connectivity index is 2.37. The van der Waals surface area contributed by atoms with E-state index in [4.69, 9.17) is 11.6 Å². The van der Waals surface area contributed by atoms with Crippen molar-refractivity contribution in [2.24, 2.45) is 0 Å². The van der Waals surface area contributed by atoms with Gasteiger partial charge in [-0.1, -0.05) is 45.7 Å². The van der Waals surface area contributed by atoms with Crippen LogP contribution in [0.2, 0.25) is 5.02 Å². The average molecular weight is 332 g/mol. The fourth-order valence-electron chi connectivity index (χ4n) is 1.63. The second-order valence-electron chi connectivity index (χ2n) is 4.04. The van der Waals surface area contributed by atoms with Gasteiger partial charge >= 0.3 is 0 Å². The van der Waals surface area contributed by atoms with E-state index in [9.17, 15) is 8.78 Å². The summed E-state index contributed by atoms with van der Waals surface area (Å²) in [5, 5.41) is 0.652. The van der Waals surface area contributed by atoms with Crippen molar-refractivity contribution in [3.63, 3.8) is 0 Å². The lowest BCUT2D eigenvalue weighted by Gasteiger charge is -2.12. The highest BCUT2D eigenvalue weighted by Gasteiger charge is 2.13. The first kappa shape index (κ1) is 13.5. The quantitative estimate of drug-likeness (QED) is 0.645. The van der Waals surface area contributed by atoms with Crippen LogP contribution in [0.25, 0.3) is 0 Å². The second-order valence-corrected chi connectivity index (χ2v) is 5.37. The molecule has 0 bridgehead atoms. The van der Waals surface area contributed by atoms with E-state index in [-0.39, 0.29) is 4.83 Å². The average Bonchev–Trinajstić information content (AvgIpc) is 2.35. The van der Waals surface area contributed by atoms with E-state index in [1.165, 1.54) is 6.07 Å². The molecule has 2 aromatic carbocycles. The number of rotatable bonds is 2. The van der Waals surface area contributed by atoms with Gasteiger partial charge in [-0.3, -0.25) is 0 Å². The van der Waals surface area contributed by atoms with Crippen molar-refractivity contribution in [1.29, 1.82) is 0 Å². The van der Waals surface area contributed by atoms with Crippen LogP contribution in [-0.4, -0.2) is 0 Å². The van der Waals surface area contributed by atoms with Gasteiger partial charge in [0.05, 0.1) is 4.83 Å². The van der Waals surface area contributed by atoms with Gasteiger partial charge in [0, 0.05) is 5.02 Å². The molecule has 0 N–H and O–H groups in total. The van der Waals surface area contributed by atoms with Crippen molar-refractivity contribution in [1.82, 2.24) is 0 Å². The third-order valence-electron chi connectivity index (χ3n) is 2.72. The molecule has 0 aliphatic heterocycles. The molecule has 0 heterocycles. The summed E-state index contributed by atoms with van der Waals surface area (Å²) in [6.45, 7) is 1.91. The van der Waals surface area contributed by atoms with Crippen molar-refractivity contribution in [3.8, 4) is 0 Å². The molecule has 0 fully saturated rings. The van der Waals surface area contributed by atoms with E-state index in [1.807, 2.05) is 25.1 Å². The third kappa shape index (κ3) is 2.73. The number of hydrogen-bond acceptors (Lipinski definition) is 0. The maximum absolute atomic E-state index is 13.2. The molecule has 0 saturated heterocycles. The first-order valence-corrected chi connectivity index (χ1v) is 6.63. The zero-order chi connectivity index (χ0) is 13.3. The second kappa shape index (κ2) is 5.37. The van der Waals surface area contributed by atoms with Crippen LogP contribution in [0.1, 0.15) is 21.5 Å². The molecule has 0 radical (unpaired) electrons. The van der Waals surface area contributed by atoms with Gasteiger partial charge in [0.2, 0.25) is 0 Å². The number of alkyl halides is 1. The summed E-state index contributed by atoms with van der Waals surface area (Å²) in [6.07, 6.45) is 0. The molecule has 1 atom stereocenters. The van der Waals surface area contributed by atoms with Gasteiger partial charge < -0.3 is 0 Å². The van der Waals surface area contributed by atoms with E-state index in [0.29, 0.717) is 10.6 Å². The number of hydrogen-bond donors (Lipinski definition) is 0. The summed E-state index contributed by atoms with van der Waals surface area (Å²) in [5.41, 5.74) is 2.52. The zero-order valence-corrected chi connectivity index (χ0v) is 11.9. The van der Waals surface area contributed by atoms with Crippen molar-refractivity contribution >= 4 is 27.5 Å². The summed E-state index contributed by atoms with van der Waals surface area (Å²) in [4.78, 5) is -0.217. The largest absolute Gasteiger partial charge is 0.204 e. The Morgan fingerprint density at radius 3 is 2.22 bits per heavy atom. The lowest BCUT2D eigenvalue weighted by Crippen LogP contribution is -1.95. The summed E-state index contributed by atoms with van der Waals surface area (Å²) in [7, 11) is 0. The smallest absolute Gasteiger partial charge is 0.159 e. The molecule has 0 aliphatic carbocycles. The Morgan fingerprint density at radius 1 is 1.00 bits per heavy atom. The Morgan fingerprint density at radius 2 is 1.61 bits per heavy atom. The molecule has 94 valence electrons. The van der Waals surface area contributed by atoms with Crippen LogP contribution in [0.3, 0.4) is 0 Å². The van der Waals surface area contributed by atoms with Crippen LogP contribution in [0, 0.1) is 18.6 Å². The van der Waals surface area contributed by atoms with Gasteiger partial charge in [0.15, 0.2) is 11.6 Å². The minimum Gasteiger partial charge on any atom is -0.204 e. The first-order valence-electron chi connectivity index (χ1n) is 5.34. The number of aryl methyl sites for hydroxylation is 1. The Bertz CT molecular complexity index is 533. The topological polar surface area (TPSA) is 0 Å². The fourth-order valence-corrected chi connectivity index (χ4v) is 2.39. The molecule has 2 rings (SSSR count). The highest BCUT2D eigenvalue weighted by atomic mass is 79.9. The molecule has 0 nitrogen and oxygen atoms in total. The molecular formula is C14H10BrClF2. The standard InChI is InChI=1S/C14H10BrClF2/c1-8-2-3-9(6-11(8)16)14(15)10-4-5-12(17)13(18)7-10/h2-7,14H,1H3. The first-order chi connectivity index (χ1) is 8.49. The molecule has 2 aromatic rings. The van der Waals surface area contributed by atoms with Gasteiger partial charge in [0.1, 0.15) is 0 Å². The van der Waals surface area contributed by atoms with Crippen LogP contribution >= 0.6 is 27.5 Å². The highest BCUT2D eigenvalue weighted by Crippen LogP contribution is 2.33. The van der Waals surface area contributed by atoms with Crippen molar-refractivity contribution in [2.75, 3.05) is 0 Å². The molecule has 1 unspecified atom stereocenters. The number of halogens is 4. The van der Waals surface area contributed by atoms with Gasteiger partial charge in [-0.15, -0.1) is 0 Å². The Hall–Kier alpha value is -0.930. The van der Waals surface area contributed by atoms with Crippen molar-refractivity contribution in [2.45, 2.75) is 11.8 Å². The van der Waals surface area contributed by atoms with Crippen LogP contribution in [0.4, 0.5) is 8.78 Å². The molecule has 4 heteroatoms.